The number of unbranched alkanes of at least 4 members (excludes halogenated alkanes) is 1. The van der Waals surface area contributed by atoms with Gasteiger partial charge in [-0.05, 0) is 25.1 Å². The summed E-state index contributed by atoms with van der Waals surface area (Å²) < 4.78 is 2.47. The minimum Gasteiger partial charge on any atom is -0.481 e. The van der Waals surface area contributed by atoms with Crippen LogP contribution in [0.5, 0.6) is 0 Å². The van der Waals surface area contributed by atoms with Gasteiger partial charge in [0.2, 0.25) is 0 Å². The Bertz CT molecular complexity index is 604. The zero-order valence-electron chi connectivity index (χ0n) is 10.4. The van der Waals surface area contributed by atoms with E-state index in [1.54, 1.807) is 0 Å². The summed E-state index contributed by atoms with van der Waals surface area (Å²) in [7, 11) is 0. The molecule has 0 amide bonds. The van der Waals surface area contributed by atoms with Crippen LogP contribution >= 0.6 is 12.2 Å². The summed E-state index contributed by atoms with van der Waals surface area (Å²) in [4.78, 5) is 10.5. The molecule has 0 aliphatic heterocycles. The summed E-state index contributed by atoms with van der Waals surface area (Å²) in [6, 6.07) is 9.78. The summed E-state index contributed by atoms with van der Waals surface area (Å²) in [6.07, 6.45) is 1.59. The highest BCUT2D eigenvalue weighted by molar-refractivity contribution is 7.71. The zero-order chi connectivity index (χ0) is 13.7. The Balaban J connectivity index is 2.10. The van der Waals surface area contributed by atoms with Gasteiger partial charge in [0.15, 0.2) is 10.6 Å². The van der Waals surface area contributed by atoms with Gasteiger partial charge in [0.25, 0.3) is 0 Å². The summed E-state index contributed by atoms with van der Waals surface area (Å²) in [5.41, 5.74) is 0.994. The molecule has 2 N–H and O–H groups in total. The molecule has 5 nitrogen and oxygen atoms in total. The van der Waals surface area contributed by atoms with Crippen LogP contribution in [0.25, 0.3) is 11.4 Å². The van der Waals surface area contributed by atoms with E-state index in [-0.39, 0.29) is 6.42 Å². The fourth-order valence-electron chi connectivity index (χ4n) is 1.88. The molecule has 0 aliphatic rings. The largest absolute Gasteiger partial charge is 0.481 e. The van der Waals surface area contributed by atoms with Crippen molar-refractivity contribution >= 4 is 18.2 Å². The number of hydrogen-bond acceptors (Lipinski definition) is 3. The Kier molecular flexibility index (Phi) is 4.46. The van der Waals surface area contributed by atoms with Crippen LogP contribution in [0.4, 0.5) is 0 Å². The fourth-order valence-corrected chi connectivity index (χ4v) is 2.10. The average molecular weight is 277 g/mol. The lowest BCUT2D eigenvalue weighted by molar-refractivity contribution is -0.137. The van der Waals surface area contributed by atoms with Gasteiger partial charge >= 0.3 is 5.97 Å². The second kappa shape index (κ2) is 6.29. The predicted octanol–water partition coefficient (Wildman–Crippen LogP) is 2.86. The first-order valence-corrected chi connectivity index (χ1v) is 6.51. The smallest absolute Gasteiger partial charge is 0.303 e. The monoisotopic (exact) mass is 277 g/mol. The molecule has 0 spiro atoms. The zero-order valence-corrected chi connectivity index (χ0v) is 11.2. The minimum atomic E-state index is -0.765. The summed E-state index contributed by atoms with van der Waals surface area (Å²) in [5, 5.41) is 15.6. The van der Waals surface area contributed by atoms with Gasteiger partial charge in [-0.15, -0.1) is 0 Å². The molecule has 19 heavy (non-hydrogen) atoms. The number of hydrogen-bond donors (Lipinski definition) is 2. The van der Waals surface area contributed by atoms with Crippen LogP contribution in [0.15, 0.2) is 30.3 Å². The second-order valence-corrected chi connectivity index (χ2v) is 4.61. The number of carboxylic acid groups (broad SMARTS) is 1. The minimum absolute atomic E-state index is 0.186. The van der Waals surface area contributed by atoms with Crippen molar-refractivity contribution in [1.82, 2.24) is 14.8 Å². The van der Waals surface area contributed by atoms with Gasteiger partial charge in [0, 0.05) is 18.5 Å². The van der Waals surface area contributed by atoms with Gasteiger partial charge in [-0.1, -0.05) is 30.3 Å². The Morgan fingerprint density at radius 2 is 2.05 bits per heavy atom. The number of aliphatic carboxylic acids is 1. The number of aromatic amines is 1. The summed E-state index contributed by atoms with van der Waals surface area (Å²) >= 11 is 5.20. The third-order valence-electron chi connectivity index (χ3n) is 2.81. The standard InChI is InChI=1S/C13H15N3O2S/c17-11(18)8-4-5-9-16-12(14-15-13(16)19)10-6-2-1-3-7-10/h1-3,6-7H,4-5,8-9H2,(H,15,19)(H,17,18). The first-order valence-electron chi connectivity index (χ1n) is 6.11. The molecule has 0 fully saturated rings. The average Bonchev–Trinajstić information content (AvgIpc) is 2.77. The Labute approximate surface area is 115 Å². The van der Waals surface area contributed by atoms with Crippen LogP contribution in [0.2, 0.25) is 0 Å². The lowest BCUT2D eigenvalue weighted by Crippen LogP contribution is -2.02. The van der Waals surface area contributed by atoms with Crippen LogP contribution in [-0.4, -0.2) is 25.8 Å². The Hall–Kier alpha value is -1.95. The van der Waals surface area contributed by atoms with Crippen molar-refractivity contribution < 1.29 is 9.90 Å². The number of carboxylic acids is 1. The Morgan fingerprint density at radius 3 is 2.74 bits per heavy atom. The molecule has 0 aliphatic carbocycles. The van der Waals surface area contributed by atoms with Gasteiger partial charge in [-0.2, -0.15) is 5.10 Å². The number of benzene rings is 1. The molecule has 1 aromatic carbocycles. The molecule has 0 bridgehead atoms. The molecule has 1 aromatic heterocycles. The lowest BCUT2D eigenvalue weighted by Gasteiger charge is -2.06. The summed E-state index contributed by atoms with van der Waals surface area (Å²) in [6.45, 7) is 0.673. The molecule has 0 radical (unpaired) electrons. The van der Waals surface area contributed by atoms with Gasteiger partial charge in [-0.3, -0.25) is 9.89 Å². The molecule has 0 atom stereocenters. The lowest BCUT2D eigenvalue weighted by atomic mass is 10.2. The third kappa shape index (κ3) is 3.51. The van der Waals surface area contributed by atoms with Crippen molar-refractivity contribution in [3.8, 4) is 11.4 Å². The molecule has 2 rings (SSSR count). The predicted molar refractivity (Wildman–Crippen MR) is 74.3 cm³/mol. The van der Waals surface area contributed by atoms with E-state index in [1.165, 1.54) is 0 Å². The van der Waals surface area contributed by atoms with Crippen molar-refractivity contribution in [1.29, 1.82) is 0 Å². The fraction of sp³-hybridized carbons (Fsp3) is 0.308. The SMILES string of the molecule is O=C(O)CCCCn1c(-c2ccccc2)n[nH]c1=S. The van der Waals surface area contributed by atoms with E-state index in [1.807, 2.05) is 34.9 Å². The summed E-state index contributed by atoms with van der Waals surface area (Å²) in [5.74, 6) is 0.0278. The maximum Gasteiger partial charge on any atom is 0.303 e. The number of nitrogens with one attached hydrogen (secondary N) is 1. The first kappa shape index (κ1) is 13.5. The molecule has 0 saturated carbocycles. The highest BCUT2D eigenvalue weighted by atomic mass is 32.1. The number of nitrogens with zero attached hydrogens (tertiary/aromatic N) is 2. The number of rotatable bonds is 6. The first-order chi connectivity index (χ1) is 9.18. The highest BCUT2D eigenvalue weighted by Crippen LogP contribution is 2.17. The maximum absolute atomic E-state index is 10.5. The third-order valence-corrected chi connectivity index (χ3v) is 3.12. The Morgan fingerprint density at radius 1 is 1.32 bits per heavy atom. The van der Waals surface area contributed by atoms with E-state index < -0.39 is 5.97 Å². The van der Waals surface area contributed by atoms with Crippen molar-refractivity contribution in [3.05, 3.63) is 35.1 Å². The molecular weight excluding hydrogens is 262 g/mol. The van der Waals surface area contributed by atoms with Crippen LogP contribution < -0.4 is 0 Å². The van der Waals surface area contributed by atoms with Crippen LogP contribution in [0.3, 0.4) is 0 Å². The molecule has 2 aromatic rings. The molecule has 0 unspecified atom stereocenters. The van der Waals surface area contributed by atoms with E-state index in [0.29, 0.717) is 17.7 Å². The number of carbonyl (C=O) groups is 1. The van der Waals surface area contributed by atoms with Gasteiger partial charge in [-0.25, -0.2) is 0 Å². The quantitative estimate of drug-likeness (QED) is 0.629. The number of aromatic nitrogens is 3. The molecule has 100 valence electrons. The van der Waals surface area contributed by atoms with E-state index in [2.05, 4.69) is 10.2 Å². The van der Waals surface area contributed by atoms with Gasteiger partial charge in [0.1, 0.15) is 0 Å². The second-order valence-electron chi connectivity index (χ2n) is 4.22. The molecule has 0 saturated heterocycles. The maximum atomic E-state index is 10.5. The highest BCUT2D eigenvalue weighted by Gasteiger charge is 2.08. The van der Waals surface area contributed by atoms with Gasteiger partial charge < -0.3 is 9.67 Å². The number of H-pyrrole nitrogens is 1. The van der Waals surface area contributed by atoms with Crippen LogP contribution in [-0.2, 0) is 11.3 Å². The van der Waals surface area contributed by atoms with Gasteiger partial charge in [0.05, 0.1) is 0 Å². The van der Waals surface area contributed by atoms with E-state index in [0.717, 1.165) is 17.8 Å². The topological polar surface area (TPSA) is 70.9 Å². The van der Waals surface area contributed by atoms with Crippen molar-refractivity contribution in [3.63, 3.8) is 0 Å². The van der Waals surface area contributed by atoms with E-state index in [4.69, 9.17) is 17.3 Å². The van der Waals surface area contributed by atoms with Crippen molar-refractivity contribution in [2.24, 2.45) is 0 Å². The molecule has 1 heterocycles. The van der Waals surface area contributed by atoms with Crippen molar-refractivity contribution in [2.75, 3.05) is 0 Å². The normalized spacial score (nSPS) is 10.5. The molecular formula is C13H15N3O2S. The molecule has 6 heteroatoms. The van der Waals surface area contributed by atoms with Crippen molar-refractivity contribution in [2.45, 2.75) is 25.8 Å². The van der Waals surface area contributed by atoms with E-state index >= 15 is 0 Å². The van der Waals surface area contributed by atoms with E-state index in [9.17, 15) is 4.79 Å². The van der Waals surface area contributed by atoms with Crippen LogP contribution in [0, 0.1) is 4.77 Å². The van der Waals surface area contributed by atoms with Crippen LogP contribution in [0.1, 0.15) is 19.3 Å².